The van der Waals surface area contributed by atoms with Crippen molar-refractivity contribution in [3.05, 3.63) is 23.9 Å². The third-order valence-corrected chi connectivity index (χ3v) is 1.51. The van der Waals surface area contributed by atoms with Crippen molar-refractivity contribution in [2.75, 3.05) is 0 Å². The lowest BCUT2D eigenvalue weighted by molar-refractivity contribution is 0.258. The van der Waals surface area contributed by atoms with Crippen LogP contribution in [0.4, 0.5) is 0 Å². The lowest BCUT2D eigenvalue weighted by atomic mass is 10.1. The van der Waals surface area contributed by atoms with Crippen molar-refractivity contribution in [1.82, 2.24) is 0 Å². The first kappa shape index (κ1) is 4.79. The molecule has 1 heterocycles. The fraction of sp³-hybridized carbons (Fsp3) is 0.286. The number of rotatable bonds is 0. The molecule has 0 saturated heterocycles. The second kappa shape index (κ2) is 1.72. The van der Waals surface area contributed by atoms with Crippen LogP contribution in [0.25, 0.3) is 0 Å². The van der Waals surface area contributed by atoms with E-state index in [2.05, 4.69) is 11.1 Å². The second-order valence-electron chi connectivity index (χ2n) is 2.11. The highest BCUT2D eigenvalue weighted by Crippen LogP contribution is 2.20. The first-order chi connectivity index (χ1) is 4.47. The van der Waals surface area contributed by atoms with E-state index in [1.54, 1.807) is 0 Å². The molecule has 0 radical (unpaired) electrons. The van der Waals surface area contributed by atoms with Crippen LogP contribution in [0.2, 0.25) is 0 Å². The maximum absolute atomic E-state index is 5.15. The number of aliphatic imine (C=N–C) groups is 1. The molecule has 0 aromatic carbocycles. The normalized spacial score (nSPS) is 29.3. The Morgan fingerprint density at radius 3 is 3.56 bits per heavy atom. The minimum absolute atomic E-state index is 0.218. The molecular weight excluding hydrogens is 114 g/mol. The Labute approximate surface area is 53.5 Å². The predicted molar refractivity (Wildman–Crippen MR) is 35.2 cm³/mol. The molecular formula is C7H7NO. The van der Waals surface area contributed by atoms with Crippen molar-refractivity contribution in [2.45, 2.75) is 12.5 Å². The summed E-state index contributed by atoms with van der Waals surface area (Å²) in [6, 6.07) is 0. The molecule has 1 aliphatic carbocycles. The molecule has 1 aliphatic heterocycles. The summed E-state index contributed by atoms with van der Waals surface area (Å²) < 4.78 is 5.15. The molecule has 0 N–H and O–H groups in total. The highest BCUT2D eigenvalue weighted by molar-refractivity contribution is 5.55. The average Bonchev–Trinajstić information content (AvgIpc) is 2.33. The Morgan fingerprint density at radius 2 is 2.67 bits per heavy atom. The molecule has 0 aromatic heterocycles. The van der Waals surface area contributed by atoms with Gasteiger partial charge >= 0.3 is 0 Å². The SMILES string of the molecule is C1=CCC2OC=NC2=C1. The first-order valence-corrected chi connectivity index (χ1v) is 3.01. The molecule has 0 spiro atoms. The average molecular weight is 121 g/mol. The molecule has 1 atom stereocenters. The van der Waals surface area contributed by atoms with Crippen molar-refractivity contribution >= 4 is 6.40 Å². The van der Waals surface area contributed by atoms with Gasteiger partial charge < -0.3 is 4.74 Å². The fourth-order valence-corrected chi connectivity index (χ4v) is 1.01. The Balaban J connectivity index is 2.31. The van der Waals surface area contributed by atoms with Gasteiger partial charge in [0.25, 0.3) is 0 Å². The summed E-state index contributed by atoms with van der Waals surface area (Å²) in [6.07, 6.45) is 8.78. The number of hydrogen-bond donors (Lipinski definition) is 0. The van der Waals surface area contributed by atoms with Crippen molar-refractivity contribution in [3.63, 3.8) is 0 Å². The highest BCUT2D eigenvalue weighted by atomic mass is 16.5. The molecule has 2 aliphatic rings. The summed E-state index contributed by atoms with van der Waals surface area (Å²) in [4.78, 5) is 4.02. The Hall–Kier alpha value is -1.05. The molecule has 46 valence electrons. The van der Waals surface area contributed by atoms with Crippen LogP contribution >= 0.6 is 0 Å². The lowest BCUT2D eigenvalue weighted by Gasteiger charge is -2.09. The topological polar surface area (TPSA) is 21.6 Å². The molecule has 0 saturated carbocycles. The van der Waals surface area contributed by atoms with E-state index in [0.29, 0.717) is 0 Å². The van der Waals surface area contributed by atoms with Crippen LogP contribution < -0.4 is 0 Å². The van der Waals surface area contributed by atoms with E-state index in [-0.39, 0.29) is 6.10 Å². The highest BCUT2D eigenvalue weighted by Gasteiger charge is 2.18. The maximum Gasteiger partial charge on any atom is 0.175 e. The zero-order valence-electron chi connectivity index (χ0n) is 4.95. The van der Waals surface area contributed by atoms with E-state index >= 15 is 0 Å². The van der Waals surface area contributed by atoms with Crippen molar-refractivity contribution in [3.8, 4) is 0 Å². The van der Waals surface area contributed by atoms with Crippen LogP contribution in [0, 0.1) is 0 Å². The van der Waals surface area contributed by atoms with E-state index < -0.39 is 0 Å². The van der Waals surface area contributed by atoms with E-state index in [0.717, 1.165) is 12.1 Å². The van der Waals surface area contributed by atoms with Gasteiger partial charge in [0.2, 0.25) is 0 Å². The summed E-state index contributed by atoms with van der Waals surface area (Å²) in [6.45, 7) is 0. The molecule has 1 unspecified atom stereocenters. The smallest absolute Gasteiger partial charge is 0.175 e. The number of nitrogens with zero attached hydrogens (tertiary/aromatic N) is 1. The molecule has 2 nitrogen and oxygen atoms in total. The van der Waals surface area contributed by atoms with Gasteiger partial charge in [0.1, 0.15) is 6.10 Å². The summed E-state index contributed by atoms with van der Waals surface area (Å²) in [5, 5.41) is 0. The van der Waals surface area contributed by atoms with Crippen LogP contribution in [-0.2, 0) is 4.74 Å². The van der Waals surface area contributed by atoms with Crippen LogP contribution in [0.5, 0.6) is 0 Å². The van der Waals surface area contributed by atoms with Crippen LogP contribution in [0.1, 0.15) is 6.42 Å². The van der Waals surface area contributed by atoms with E-state index in [1.807, 2.05) is 12.2 Å². The minimum Gasteiger partial charge on any atom is -0.473 e. The van der Waals surface area contributed by atoms with Crippen molar-refractivity contribution < 1.29 is 4.74 Å². The van der Waals surface area contributed by atoms with Crippen molar-refractivity contribution in [2.24, 2.45) is 4.99 Å². The molecule has 0 aromatic rings. The minimum atomic E-state index is 0.218. The quantitative estimate of drug-likeness (QED) is 0.472. The van der Waals surface area contributed by atoms with Gasteiger partial charge in [-0.15, -0.1) is 0 Å². The predicted octanol–water partition coefficient (Wildman–Crippen LogP) is 1.26. The standard InChI is InChI=1S/C7H7NO/c1-2-4-7-6(3-1)8-5-9-7/h1-3,5,7H,4H2. The first-order valence-electron chi connectivity index (χ1n) is 3.01. The summed E-state index contributed by atoms with van der Waals surface area (Å²) in [5.74, 6) is 0. The van der Waals surface area contributed by atoms with Gasteiger partial charge in [-0.05, 0) is 6.08 Å². The van der Waals surface area contributed by atoms with Crippen LogP contribution in [0.3, 0.4) is 0 Å². The second-order valence-corrected chi connectivity index (χ2v) is 2.11. The van der Waals surface area contributed by atoms with Gasteiger partial charge in [0.05, 0.1) is 5.70 Å². The van der Waals surface area contributed by atoms with E-state index in [1.165, 1.54) is 6.40 Å². The molecule has 2 heteroatoms. The van der Waals surface area contributed by atoms with E-state index in [4.69, 9.17) is 4.74 Å². The summed E-state index contributed by atoms with van der Waals surface area (Å²) in [7, 11) is 0. The summed E-state index contributed by atoms with van der Waals surface area (Å²) in [5.41, 5.74) is 1.05. The zero-order valence-corrected chi connectivity index (χ0v) is 4.95. The van der Waals surface area contributed by atoms with Crippen LogP contribution in [-0.4, -0.2) is 12.5 Å². The largest absolute Gasteiger partial charge is 0.473 e. The fourth-order valence-electron chi connectivity index (χ4n) is 1.01. The number of hydrogen-bond acceptors (Lipinski definition) is 2. The molecule has 0 fully saturated rings. The molecule has 0 bridgehead atoms. The Morgan fingerprint density at radius 1 is 1.67 bits per heavy atom. The van der Waals surface area contributed by atoms with Gasteiger partial charge in [0.15, 0.2) is 6.40 Å². The number of fused-ring (bicyclic) bond motifs is 1. The van der Waals surface area contributed by atoms with Gasteiger partial charge in [-0.25, -0.2) is 4.99 Å². The van der Waals surface area contributed by atoms with Crippen LogP contribution in [0.15, 0.2) is 28.9 Å². The molecule has 2 rings (SSSR count). The van der Waals surface area contributed by atoms with Gasteiger partial charge in [-0.1, -0.05) is 12.2 Å². The summed E-state index contributed by atoms with van der Waals surface area (Å²) >= 11 is 0. The van der Waals surface area contributed by atoms with Crippen molar-refractivity contribution in [1.29, 1.82) is 0 Å². The number of allylic oxidation sites excluding steroid dienone is 2. The van der Waals surface area contributed by atoms with Gasteiger partial charge in [-0.2, -0.15) is 0 Å². The molecule has 9 heavy (non-hydrogen) atoms. The Kier molecular flexibility index (Phi) is 0.918. The number of ether oxygens (including phenoxy) is 1. The molecule has 0 amide bonds. The van der Waals surface area contributed by atoms with Gasteiger partial charge in [0, 0.05) is 6.42 Å². The van der Waals surface area contributed by atoms with Gasteiger partial charge in [-0.3, -0.25) is 0 Å². The zero-order chi connectivity index (χ0) is 6.10. The van der Waals surface area contributed by atoms with E-state index in [9.17, 15) is 0 Å². The Bertz CT molecular complexity index is 203. The lowest BCUT2D eigenvalue weighted by Crippen LogP contribution is -2.08. The third kappa shape index (κ3) is 0.669. The third-order valence-electron chi connectivity index (χ3n) is 1.51. The maximum atomic E-state index is 5.15. The monoisotopic (exact) mass is 121 g/mol.